The molecule has 2 aromatic heterocycles. The summed E-state index contributed by atoms with van der Waals surface area (Å²) in [6, 6.07) is 1.91. The summed E-state index contributed by atoms with van der Waals surface area (Å²) in [4.78, 5) is 7.11. The first-order valence-corrected chi connectivity index (χ1v) is 6.99. The summed E-state index contributed by atoms with van der Waals surface area (Å²) in [5, 5.41) is 0. The van der Waals surface area contributed by atoms with E-state index in [0.717, 1.165) is 11.0 Å². The third kappa shape index (κ3) is 2.22. The van der Waals surface area contributed by atoms with Gasteiger partial charge in [-0.2, -0.15) is 0 Å². The number of aromatic nitrogens is 3. The van der Waals surface area contributed by atoms with Crippen molar-refractivity contribution in [2.45, 2.75) is 13.5 Å². The lowest BCUT2D eigenvalue weighted by atomic mass is 10.4. The first-order chi connectivity index (χ1) is 7.72. The third-order valence-electron chi connectivity index (χ3n) is 2.44. The Morgan fingerprint density at radius 1 is 1.62 bits per heavy atom. The average Bonchev–Trinajstić information content (AvgIpc) is 2.62. The molecule has 1 N–H and O–H groups in total. The zero-order valence-corrected chi connectivity index (χ0v) is 10.6. The predicted molar refractivity (Wildman–Crippen MR) is 68.5 cm³/mol. The molecule has 16 heavy (non-hydrogen) atoms. The highest BCUT2D eigenvalue weighted by Gasteiger charge is 2.04. The molecule has 0 spiro atoms. The van der Waals surface area contributed by atoms with Crippen LogP contribution in [-0.4, -0.2) is 30.2 Å². The molecule has 0 aliphatic carbocycles. The first kappa shape index (κ1) is 11.5. The van der Waals surface area contributed by atoms with E-state index in [1.54, 1.807) is 12.4 Å². The number of aromatic amines is 1. The van der Waals surface area contributed by atoms with Gasteiger partial charge in [-0.25, -0.2) is 0 Å². The van der Waals surface area contributed by atoms with Crippen molar-refractivity contribution >= 4 is 34.1 Å². The maximum Gasteiger partial charge on any atom is 0.178 e. The van der Waals surface area contributed by atoms with E-state index >= 15 is 0 Å². The van der Waals surface area contributed by atoms with E-state index in [1.165, 1.54) is 0 Å². The van der Waals surface area contributed by atoms with Gasteiger partial charge in [-0.3, -0.25) is 9.19 Å². The van der Waals surface area contributed by atoms with Gasteiger partial charge in [0, 0.05) is 35.0 Å². The highest BCUT2D eigenvalue weighted by Crippen LogP contribution is 2.11. The molecule has 0 aliphatic heterocycles. The number of aryl methyl sites for hydroxylation is 1. The number of rotatable bonds is 4. The molecular formula is C10H13N3OS2. The minimum atomic E-state index is -0.759. The topological polar surface area (TPSA) is 50.7 Å². The van der Waals surface area contributed by atoms with E-state index in [0.29, 0.717) is 22.8 Å². The van der Waals surface area contributed by atoms with Gasteiger partial charge in [0.05, 0.1) is 17.2 Å². The van der Waals surface area contributed by atoms with Gasteiger partial charge in [-0.1, -0.05) is 6.92 Å². The van der Waals surface area contributed by atoms with Crippen LogP contribution >= 0.6 is 12.2 Å². The molecular weight excluding hydrogens is 242 g/mol. The minimum Gasteiger partial charge on any atom is -0.329 e. The van der Waals surface area contributed by atoms with Crippen LogP contribution in [0.3, 0.4) is 0 Å². The summed E-state index contributed by atoms with van der Waals surface area (Å²) in [5.74, 6) is 1.33. The summed E-state index contributed by atoms with van der Waals surface area (Å²) >= 11 is 5.22. The van der Waals surface area contributed by atoms with Crippen LogP contribution in [0.25, 0.3) is 11.0 Å². The number of imidazole rings is 1. The van der Waals surface area contributed by atoms with Crippen molar-refractivity contribution in [3.63, 3.8) is 0 Å². The number of nitrogens with zero attached hydrogens (tertiary/aromatic N) is 2. The third-order valence-corrected chi connectivity index (χ3v) is 4.04. The molecule has 0 amide bonds. The van der Waals surface area contributed by atoms with Gasteiger partial charge >= 0.3 is 0 Å². The SMILES string of the molecule is CCS(=O)CCn1c(=S)[nH]c2cnccc21. The van der Waals surface area contributed by atoms with Crippen LogP contribution in [0.4, 0.5) is 0 Å². The van der Waals surface area contributed by atoms with E-state index in [1.807, 2.05) is 17.6 Å². The van der Waals surface area contributed by atoms with Crippen LogP contribution < -0.4 is 0 Å². The summed E-state index contributed by atoms with van der Waals surface area (Å²) in [7, 11) is -0.759. The zero-order chi connectivity index (χ0) is 11.5. The average molecular weight is 255 g/mol. The highest BCUT2D eigenvalue weighted by atomic mass is 32.2. The van der Waals surface area contributed by atoms with E-state index < -0.39 is 10.8 Å². The Morgan fingerprint density at radius 3 is 3.19 bits per heavy atom. The molecule has 0 radical (unpaired) electrons. The normalized spacial score (nSPS) is 13.1. The number of hydrogen-bond donors (Lipinski definition) is 1. The molecule has 0 saturated heterocycles. The summed E-state index contributed by atoms with van der Waals surface area (Å²) in [5.41, 5.74) is 1.95. The van der Waals surface area contributed by atoms with Crippen molar-refractivity contribution in [3.8, 4) is 0 Å². The zero-order valence-electron chi connectivity index (χ0n) is 8.97. The van der Waals surface area contributed by atoms with Crippen molar-refractivity contribution in [1.29, 1.82) is 0 Å². The van der Waals surface area contributed by atoms with Crippen LogP contribution in [0.2, 0.25) is 0 Å². The van der Waals surface area contributed by atoms with E-state index in [9.17, 15) is 4.21 Å². The molecule has 0 aliphatic rings. The van der Waals surface area contributed by atoms with E-state index in [-0.39, 0.29) is 0 Å². The molecule has 4 nitrogen and oxygen atoms in total. The Labute approximate surface area is 101 Å². The fourth-order valence-electron chi connectivity index (χ4n) is 1.57. The fourth-order valence-corrected chi connectivity index (χ4v) is 2.54. The lowest BCUT2D eigenvalue weighted by Crippen LogP contribution is -2.08. The van der Waals surface area contributed by atoms with E-state index in [4.69, 9.17) is 12.2 Å². The van der Waals surface area contributed by atoms with Gasteiger partial charge in [0.2, 0.25) is 0 Å². The molecule has 1 atom stereocenters. The van der Waals surface area contributed by atoms with Crippen LogP contribution in [0, 0.1) is 4.77 Å². The maximum atomic E-state index is 11.4. The van der Waals surface area contributed by atoms with Crippen LogP contribution in [0.15, 0.2) is 18.5 Å². The van der Waals surface area contributed by atoms with Crippen molar-refractivity contribution in [2.75, 3.05) is 11.5 Å². The molecule has 0 bridgehead atoms. The van der Waals surface area contributed by atoms with Crippen LogP contribution in [0.5, 0.6) is 0 Å². The monoisotopic (exact) mass is 255 g/mol. The Morgan fingerprint density at radius 2 is 2.44 bits per heavy atom. The quantitative estimate of drug-likeness (QED) is 0.848. The summed E-state index contributed by atoms with van der Waals surface area (Å²) in [6.07, 6.45) is 3.48. The largest absolute Gasteiger partial charge is 0.329 e. The number of nitrogens with one attached hydrogen (secondary N) is 1. The Balaban J connectivity index is 2.33. The second kappa shape index (κ2) is 4.88. The van der Waals surface area contributed by atoms with Gasteiger partial charge in [-0.15, -0.1) is 0 Å². The van der Waals surface area contributed by atoms with Gasteiger partial charge in [-0.05, 0) is 18.3 Å². The molecule has 86 valence electrons. The molecule has 1 unspecified atom stereocenters. The van der Waals surface area contributed by atoms with Crippen LogP contribution in [0.1, 0.15) is 6.92 Å². The van der Waals surface area contributed by atoms with Gasteiger partial charge in [0.25, 0.3) is 0 Å². The first-order valence-electron chi connectivity index (χ1n) is 5.10. The molecule has 0 saturated carbocycles. The van der Waals surface area contributed by atoms with Crippen molar-refractivity contribution in [2.24, 2.45) is 0 Å². The Hall–Kier alpha value is -1.01. The van der Waals surface area contributed by atoms with Crippen molar-refractivity contribution in [1.82, 2.24) is 14.5 Å². The highest BCUT2D eigenvalue weighted by molar-refractivity contribution is 7.84. The van der Waals surface area contributed by atoms with E-state index in [2.05, 4.69) is 9.97 Å². The Kier molecular flexibility index (Phi) is 3.50. The number of pyridine rings is 1. The van der Waals surface area contributed by atoms with Gasteiger partial charge in [0.15, 0.2) is 4.77 Å². The standard InChI is InChI=1S/C10H13N3OS2/c1-2-16(14)6-5-13-9-3-4-11-7-8(9)12-10(13)15/h3-4,7H,2,5-6H2,1H3,(H,12,15). The van der Waals surface area contributed by atoms with Gasteiger partial charge < -0.3 is 9.55 Å². The summed E-state index contributed by atoms with van der Waals surface area (Å²) in [6.45, 7) is 2.61. The lowest BCUT2D eigenvalue weighted by molar-refractivity contribution is 0.675. The number of hydrogen-bond acceptors (Lipinski definition) is 3. The smallest absolute Gasteiger partial charge is 0.178 e. The van der Waals surface area contributed by atoms with Crippen molar-refractivity contribution < 1.29 is 4.21 Å². The number of fused-ring (bicyclic) bond motifs is 1. The molecule has 2 heterocycles. The Bertz CT molecular complexity index is 573. The second-order valence-electron chi connectivity index (χ2n) is 3.41. The lowest BCUT2D eigenvalue weighted by Gasteiger charge is -2.03. The maximum absolute atomic E-state index is 11.4. The fraction of sp³-hybridized carbons (Fsp3) is 0.400. The molecule has 2 rings (SSSR count). The molecule has 0 aromatic carbocycles. The second-order valence-corrected chi connectivity index (χ2v) is 5.66. The molecule has 2 aromatic rings. The summed E-state index contributed by atoms with van der Waals surface area (Å²) < 4.78 is 14.0. The molecule has 6 heteroatoms. The minimum absolute atomic E-state index is 0.639. The molecule has 0 fully saturated rings. The number of H-pyrrole nitrogens is 1. The predicted octanol–water partition coefficient (Wildman–Crippen LogP) is 1.86. The van der Waals surface area contributed by atoms with Gasteiger partial charge in [0.1, 0.15) is 0 Å². The van der Waals surface area contributed by atoms with Crippen LogP contribution in [-0.2, 0) is 17.3 Å². The van der Waals surface area contributed by atoms with Crippen molar-refractivity contribution in [3.05, 3.63) is 23.2 Å².